The molecule has 0 atom stereocenters. The number of aliphatic hydroxyl groups is 1. The highest BCUT2D eigenvalue weighted by Gasteiger charge is 2.25. The van der Waals surface area contributed by atoms with Gasteiger partial charge in [-0.25, -0.2) is 9.97 Å². The number of carbonyl (C=O) groups excluding carboxylic acids is 1. The molecule has 49 heavy (non-hydrogen) atoms. The van der Waals surface area contributed by atoms with Crippen molar-refractivity contribution >= 4 is 23.2 Å². The first-order valence-corrected chi connectivity index (χ1v) is 17.6. The maximum absolute atomic E-state index is 12.5. The van der Waals surface area contributed by atoms with Crippen molar-refractivity contribution in [3.8, 4) is 23.0 Å². The van der Waals surface area contributed by atoms with Crippen molar-refractivity contribution in [3.05, 3.63) is 95.4 Å². The van der Waals surface area contributed by atoms with E-state index in [1.807, 2.05) is 30.5 Å². The van der Waals surface area contributed by atoms with E-state index in [2.05, 4.69) is 68.6 Å². The highest BCUT2D eigenvalue weighted by atomic mass is 16.3. The molecule has 0 radical (unpaired) electrons. The second-order valence-corrected chi connectivity index (χ2v) is 13.8. The van der Waals surface area contributed by atoms with Crippen LogP contribution in [0.15, 0.2) is 73.1 Å². The Labute approximate surface area is 289 Å². The maximum Gasteiger partial charge on any atom is 0.229 e. The van der Waals surface area contributed by atoms with Gasteiger partial charge in [0.15, 0.2) is 5.78 Å². The van der Waals surface area contributed by atoms with Crippen molar-refractivity contribution in [2.45, 2.75) is 63.6 Å². The third kappa shape index (κ3) is 9.09. The van der Waals surface area contributed by atoms with E-state index >= 15 is 0 Å². The summed E-state index contributed by atoms with van der Waals surface area (Å²) in [5, 5.41) is 17.2. The summed E-state index contributed by atoms with van der Waals surface area (Å²) in [6.07, 6.45) is 9.65. The van der Waals surface area contributed by atoms with Gasteiger partial charge in [-0.15, -0.1) is 0 Å². The van der Waals surface area contributed by atoms with Crippen molar-refractivity contribution < 1.29 is 9.90 Å². The van der Waals surface area contributed by atoms with Crippen LogP contribution in [0.25, 0.3) is 11.1 Å². The summed E-state index contributed by atoms with van der Waals surface area (Å²) in [7, 11) is 2.18. The first-order chi connectivity index (χ1) is 23.9. The lowest BCUT2D eigenvalue weighted by Crippen LogP contribution is -2.43. The van der Waals surface area contributed by atoms with Gasteiger partial charge in [0.2, 0.25) is 5.95 Å². The molecule has 9 heteroatoms. The molecule has 2 saturated carbocycles. The lowest BCUT2D eigenvalue weighted by Gasteiger charge is -2.32. The van der Waals surface area contributed by atoms with E-state index in [0.717, 1.165) is 99.4 Å². The molecule has 3 N–H and O–H groups in total. The number of aliphatic hydroxyl groups excluding tert-OH is 1. The lowest BCUT2D eigenvalue weighted by atomic mass is 9.93. The molecule has 3 heterocycles. The van der Waals surface area contributed by atoms with Gasteiger partial charge in [0, 0.05) is 80.0 Å². The summed E-state index contributed by atoms with van der Waals surface area (Å²) in [6.45, 7) is 5.27. The summed E-state index contributed by atoms with van der Waals surface area (Å²) in [5.74, 6) is 8.30. The molecule has 2 aromatic carbocycles. The molecule has 2 aromatic heterocycles. The molecule has 3 fully saturated rings. The topological polar surface area (TPSA) is 107 Å². The number of rotatable bonds is 10. The number of hydrogen-bond donors (Lipinski definition) is 3. The zero-order valence-electron chi connectivity index (χ0n) is 28.2. The summed E-state index contributed by atoms with van der Waals surface area (Å²) >= 11 is 0. The average molecular weight is 656 g/mol. The SMILES string of the molecule is CN1CCN(Cc2cccc(-c3cnc(Nc4ccc(C#Cc5cc(C(=O)CC6CC6)ccn5)cc4)nc3NC3CCC(O)CC3)c2)CC1. The van der Waals surface area contributed by atoms with Gasteiger partial charge < -0.3 is 20.6 Å². The van der Waals surface area contributed by atoms with Crippen molar-refractivity contribution in [1.29, 1.82) is 0 Å². The fourth-order valence-corrected chi connectivity index (χ4v) is 6.55. The third-order valence-corrected chi connectivity index (χ3v) is 9.80. The standard InChI is InChI=1S/C40H45N7O2/c1-46-19-21-47(22-20-46)27-30-3-2-4-31(23-30)37-26-42-40(45-39(37)43-33-13-15-36(48)16-14-33)44-34-10-7-28(8-11-34)9-12-35-25-32(17-18-41-35)38(49)24-29-5-6-29/h2-4,7-8,10-11,17-18,23,25-26,29,33,36,48H,5-6,13-16,19-22,24,27H2,1H3,(H2,42,43,44,45). The highest BCUT2D eigenvalue weighted by molar-refractivity contribution is 5.96. The summed E-state index contributed by atoms with van der Waals surface area (Å²) in [4.78, 5) is 31.5. The number of likely N-dealkylation sites (N-methyl/N-ethyl adjacent to an activating group) is 1. The van der Waals surface area contributed by atoms with Crippen LogP contribution in [-0.4, -0.2) is 81.0 Å². The summed E-state index contributed by atoms with van der Waals surface area (Å²) in [5.41, 5.74) is 6.31. The molecular formula is C40H45N7O2. The maximum atomic E-state index is 12.5. The molecule has 2 aliphatic carbocycles. The van der Waals surface area contributed by atoms with Gasteiger partial charge in [-0.3, -0.25) is 9.69 Å². The number of nitrogens with zero attached hydrogens (tertiary/aromatic N) is 5. The monoisotopic (exact) mass is 655 g/mol. The number of piperazine rings is 1. The van der Waals surface area contributed by atoms with E-state index in [9.17, 15) is 9.90 Å². The minimum atomic E-state index is -0.221. The van der Waals surface area contributed by atoms with E-state index < -0.39 is 0 Å². The number of hydrogen-bond acceptors (Lipinski definition) is 9. The molecule has 3 aliphatic rings. The Morgan fingerprint density at radius 2 is 1.71 bits per heavy atom. The largest absolute Gasteiger partial charge is 0.393 e. The number of pyridine rings is 1. The second kappa shape index (κ2) is 15.3. The minimum absolute atomic E-state index is 0.171. The number of nitrogens with one attached hydrogen (secondary N) is 2. The smallest absolute Gasteiger partial charge is 0.229 e. The van der Waals surface area contributed by atoms with E-state index in [1.54, 1.807) is 18.3 Å². The van der Waals surface area contributed by atoms with E-state index in [0.29, 0.717) is 29.5 Å². The molecule has 9 nitrogen and oxygen atoms in total. The van der Waals surface area contributed by atoms with Crippen molar-refractivity contribution in [3.63, 3.8) is 0 Å². The Kier molecular flexibility index (Phi) is 10.3. The van der Waals surface area contributed by atoms with Crippen LogP contribution in [0.4, 0.5) is 17.5 Å². The van der Waals surface area contributed by atoms with Crippen molar-refractivity contribution in [2.75, 3.05) is 43.9 Å². The van der Waals surface area contributed by atoms with Crippen molar-refractivity contribution in [1.82, 2.24) is 24.8 Å². The normalized spacial score (nSPS) is 19.9. The van der Waals surface area contributed by atoms with Crippen LogP contribution in [0.2, 0.25) is 0 Å². The molecular weight excluding hydrogens is 610 g/mol. The Morgan fingerprint density at radius 3 is 2.49 bits per heavy atom. The molecule has 0 bridgehead atoms. The zero-order valence-corrected chi connectivity index (χ0v) is 28.2. The number of Topliss-reactive ketones (excluding diaryl/α,β-unsaturated/α-hetero) is 1. The Morgan fingerprint density at radius 1 is 0.918 bits per heavy atom. The van der Waals surface area contributed by atoms with E-state index in [-0.39, 0.29) is 17.9 Å². The summed E-state index contributed by atoms with van der Waals surface area (Å²) < 4.78 is 0. The number of aromatic nitrogens is 3. The number of anilines is 3. The molecule has 1 aliphatic heterocycles. The van der Waals surface area contributed by atoms with Gasteiger partial charge in [0.25, 0.3) is 0 Å². The van der Waals surface area contributed by atoms with Crippen molar-refractivity contribution in [2.24, 2.45) is 5.92 Å². The predicted octanol–water partition coefficient (Wildman–Crippen LogP) is 6.13. The molecule has 7 rings (SSSR count). The lowest BCUT2D eigenvalue weighted by molar-refractivity contribution is 0.0976. The van der Waals surface area contributed by atoms with Crippen LogP contribution in [-0.2, 0) is 6.54 Å². The fraction of sp³-hybridized carbons (Fsp3) is 0.400. The summed E-state index contributed by atoms with van der Waals surface area (Å²) in [6, 6.07) is 20.3. The zero-order chi connectivity index (χ0) is 33.6. The van der Waals surface area contributed by atoms with Crippen LogP contribution in [0.5, 0.6) is 0 Å². The highest BCUT2D eigenvalue weighted by Crippen LogP contribution is 2.34. The molecule has 0 spiro atoms. The van der Waals surface area contributed by atoms with Crippen LogP contribution in [0, 0.1) is 17.8 Å². The number of benzene rings is 2. The first-order valence-electron chi connectivity index (χ1n) is 17.6. The van der Waals surface area contributed by atoms with Gasteiger partial charge >= 0.3 is 0 Å². The minimum Gasteiger partial charge on any atom is -0.393 e. The molecule has 4 aromatic rings. The average Bonchev–Trinajstić information content (AvgIpc) is 3.94. The predicted molar refractivity (Wildman–Crippen MR) is 194 cm³/mol. The molecule has 0 unspecified atom stereocenters. The van der Waals surface area contributed by atoms with E-state index in [1.165, 1.54) is 5.56 Å². The fourth-order valence-electron chi connectivity index (χ4n) is 6.55. The quantitative estimate of drug-likeness (QED) is 0.138. The Hall–Kier alpha value is -4.62. The first kappa shape index (κ1) is 32.9. The van der Waals surface area contributed by atoms with Gasteiger partial charge in [0.1, 0.15) is 11.5 Å². The van der Waals surface area contributed by atoms with Gasteiger partial charge in [-0.1, -0.05) is 24.1 Å². The number of carbonyl (C=O) groups is 1. The van der Waals surface area contributed by atoms with Gasteiger partial charge in [-0.2, -0.15) is 4.98 Å². The molecule has 252 valence electrons. The number of ketones is 1. The van der Waals surface area contributed by atoms with Crippen LogP contribution in [0.3, 0.4) is 0 Å². The van der Waals surface area contributed by atoms with Crippen LogP contribution >= 0.6 is 0 Å². The second-order valence-electron chi connectivity index (χ2n) is 13.8. The molecule has 1 saturated heterocycles. The van der Waals surface area contributed by atoms with E-state index in [4.69, 9.17) is 9.97 Å². The Balaban J connectivity index is 1.06. The third-order valence-electron chi connectivity index (χ3n) is 9.80. The van der Waals surface area contributed by atoms with Gasteiger partial charge in [0.05, 0.1) is 6.10 Å². The van der Waals surface area contributed by atoms with Gasteiger partial charge in [-0.05, 0) is 111 Å². The van der Waals surface area contributed by atoms with Crippen LogP contribution < -0.4 is 10.6 Å². The molecule has 0 amide bonds. The van der Waals surface area contributed by atoms with Crippen LogP contribution in [0.1, 0.15) is 72.1 Å². The Bertz CT molecular complexity index is 1810.